The maximum absolute atomic E-state index is 12.4. The summed E-state index contributed by atoms with van der Waals surface area (Å²) in [6, 6.07) is 24.2. The lowest BCUT2D eigenvalue weighted by atomic mass is 10.1. The zero-order valence-electron chi connectivity index (χ0n) is 15.8. The van der Waals surface area contributed by atoms with Crippen molar-refractivity contribution in [3.63, 3.8) is 0 Å². The van der Waals surface area contributed by atoms with Crippen molar-refractivity contribution in [3.05, 3.63) is 89.8 Å². The standard InChI is InChI=1S/C24H19N3O2/c28-22(12-13-23-26-24(27-29-23)16-6-2-1-3-7-16)25-19-10-11-21-18(15-19)14-17-8-4-5-9-20(17)21/h1-11,15H,12-14H2,(H,25,28). The lowest BCUT2D eigenvalue weighted by molar-refractivity contribution is -0.116. The van der Waals surface area contributed by atoms with Crippen LogP contribution in [0.25, 0.3) is 22.5 Å². The molecule has 5 rings (SSSR count). The summed E-state index contributed by atoms with van der Waals surface area (Å²) in [4.78, 5) is 16.8. The third kappa shape index (κ3) is 3.55. The Hall–Kier alpha value is -3.73. The van der Waals surface area contributed by atoms with E-state index in [0.717, 1.165) is 17.7 Å². The quantitative estimate of drug-likeness (QED) is 0.471. The largest absolute Gasteiger partial charge is 0.339 e. The summed E-state index contributed by atoms with van der Waals surface area (Å²) >= 11 is 0. The van der Waals surface area contributed by atoms with Gasteiger partial charge in [0.1, 0.15) is 0 Å². The highest BCUT2D eigenvalue weighted by molar-refractivity contribution is 5.92. The molecule has 0 saturated carbocycles. The molecule has 1 N–H and O–H groups in total. The first kappa shape index (κ1) is 17.4. The predicted octanol–water partition coefficient (Wildman–Crippen LogP) is 4.88. The van der Waals surface area contributed by atoms with Gasteiger partial charge in [-0.1, -0.05) is 65.8 Å². The van der Waals surface area contributed by atoms with Crippen molar-refractivity contribution in [2.45, 2.75) is 19.3 Å². The lowest BCUT2D eigenvalue weighted by Crippen LogP contribution is -2.12. The molecule has 5 heteroatoms. The number of fused-ring (bicyclic) bond motifs is 3. The van der Waals surface area contributed by atoms with Crippen LogP contribution in [0.5, 0.6) is 0 Å². The normalized spacial score (nSPS) is 11.7. The van der Waals surface area contributed by atoms with Gasteiger partial charge in [-0.15, -0.1) is 0 Å². The Labute approximate surface area is 168 Å². The number of aryl methyl sites for hydroxylation is 1. The van der Waals surface area contributed by atoms with E-state index in [1.165, 1.54) is 22.3 Å². The van der Waals surface area contributed by atoms with E-state index in [4.69, 9.17) is 4.52 Å². The van der Waals surface area contributed by atoms with E-state index in [-0.39, 0.29) is 12.3 Å². The van der Waals surface area contributed by atoms with Crippen molar-refractivity contribution in [2.75, 3.05) is 5.32 Å². The molecular weight excluding hydrogens is 362 g/mol. The van der Waals surface area contributed by atoms with Crippen LogP contribution in [-0.4, -0.2) is 16.0 Å². The van der Waals surface area contributed by atoms with E-state index >= 15 is 0 Å². The summed E-state index contributed by atoms with van der Waals surface area (Å²) < 4.78 is 5.27. The number of nitrogens with one attached hydrogen (secondary N) is 1. The fourth-order valence-corrected chi connectivity index (χ4v) is 3.73. The highest BCUT2D eigenvalue weighted by Gasteiger charge is 2.18. The van der Waals surface area contributed by atoms with E-state index in [1.807, 2.05) is 36.4 Å². The van der Waals surface area contributed by atoms with Gasteiger partial charge in [-0.25, -0.2) is 0 Å². The number of aromatic nitrogens is 2. The van der Waals surface area contributed by atoms with Gasteiger partial charge in [0.15, 0.2) is 0 Å². The van der Waals surface area contributed by atoms with Crippen molar-refractivity contribution >= 4 is 11.6 Å². The predicted molar refractivity (Wildman–Crippen MR) is 111 cm³/mol. The molecule has 4 aromatic rings. The summed E-state index contributed by atoms with van der Waals surface area (Å²) in [5.74, 6) is 0.933. The van der Waals surface area contributed by atoms with Crippen LogP contribution >= 0.6 is 0 Å². The van der Waals surface area contributed by atoms with Crippen molar-refractivity contribution in [1.29, 1.82) is 0 Å². The molecule has 0 unspecified atom stereocenters. The van der Waals surface area contributed by atoms with E-state index in [1.54, 1.807) is 0 Å². The van der Waals surface area contributed by atoms with E-state index in [0.29, 0.717) is 18.1 Å². The van der Waals surface area contributed by atoms with Gasteiger partial charge in [0.2, 0.25) is 17.6 Å². The number of carbonyl (C=O) groups excluding carboxylic acids is 1. The van der Waals surface area contributed by atoms with Gasteiger partial charge in [-0.3, -0.25) is 4.79 Å². The molecule has 1 aliphatic carbocycles. The second-order valence-corrected chi connectivity index (χ2v) is 7.13. The first-order chi connectivity index (χ1) is 14.3. The molecule has 5 nitrogen and oxygen atoms in total. The molecular formula is C24H19N3O2. The molecule has 0 bridgehead atoms. The number of benzene rings is 3. The SMILES string of the molecule is O=C(CCc1nc(-c2ccccc2)no1)Nc1ccc2c(c1)Cc1ccccc1-2. The second kappa shape index (κ2) is 7.36. The third-order valence-electron chi connectivity index (χ3n) is 5.14. The smallest absolute Gasteiger partial charge is 0.227 e. The van der Waals surface area contributed by atoms with Crippen LogP contribution in [0, 0.1) is 0 Å². The molecule has 0 atom stereocenters. The molecule has 3 aromatic carbocycles. The monoisotopic (exact) mass is 381 g/mol. The number of nitrogens with zero attached hydrogens (tertiary/aromatic N) is 2. The van der Waals surface area contributed by atoms with Crippen LogP contribution in [0.2, 0.25) is 0 Å². The summed E-state index contributed by atoms with van der Waals surface area (Å²) in [5.41, 5.74) is 6.82. The topological polar surface area (TPSA) is 68.0 Å². The van der Waals surface area contributed by atoms with Crippen LogP contribution in [0.4, 0.5) is 5.69 Å². The maximum atomic E-state index is 12.4. The van der Waals surface area contributed by atoms with Crippen molar-refractivity contribution < 1.29 is 9.32 Å². The molecule has 0 saturated heterocycles. The molecule has 0 aliphatic heterocycles. The number of carbonyl (C=O) groups is 1. The third-order valence-corrected chi connectivity index (χ3v) is 5.14. The zero-order chi connectivity index (χ0) is 19.6. The van der Waals surface area contributed by atoms with E-state index in [9.17, 15) is 4.79 Å². The first-order valence-corrected chi connectivity index (χ1v) is 9.65. The lowest BCUT2D eigenvalue weighted by Gasteiger charge is -2.07. The van der Waals surface area contributed by atoms with Crippen LogP contribution in [0.3, 0.4) is 0 Å². The molecule has 0 radical (unpaired) electrons. The second-order valence-electron chi connectivity index (χ2n) is 7.13. The van der Waals surface area contributed by atoms with Crippen LogP contribution in [0.1, 0.15) is 23.4 Å². The Kier molecular flexibility index (Phi) is 4.41. The fourth-order valence-electron chi connectivity index (χ4n) is 3.73. The maximum Gasteiger partial charge on any atom is 0.227 e. The van der Waals surface area contributed by atoms with E-state index < -0.39 is 0 Å². The Morgan fingerprint density at radius 2 is 1.72 bits per heavy atom. The zero-order valence-corrected chi connectivity index (χ0v) is 15.8. The molecule has 1 amide bonds. The summed E-state index contributed by atoms with van der Waals surface area (Å²) in [6.45, 7) is 0. The number of anilines is 1. The average Bonchev–Trinajstić information content (AvgIpc) is 3.37. The van der Waals surface area contributed by atoms with Crippen molar-refractivity contribution in [3.8, 4) is 22.5 Å². The van der Waals surface area contributed by atoms with Crippen molar-refractivity contribution in [1.82, 2.24) is 10.1 Å². The highest BCUT2D eigenvalue weighted by Crippen LogP contribution is 2.37. The molecule has 1 heterocycles. The molecule has 142 valence electrons. The van der Waals surface area contributed by atoms with Gasteiger partial charge in [0.25, 0.3) is 0 Å². The van der Waals surface area contributed by atoms with E-state index in [2.05, 4.69) is 51.9 Å². The Bertz CT molecular complexity index is 1180. The number of rotatable bonds is 5. The molecule has 1 aromatic heterocycles. The minimum Gasteiger partial charge on any atom is -0.339 e. The number of amides is 1. The van der Waals surface area contributed by atoms with Gasteiger partial charge in [-0.05, 0) is 40.8 Å². The van der Waals surface area contributed by atoms with Gasteiger partial charge in [0.05, 0.1) is 0 Å². The highest BCUT2D eigenvalue weighted by atomic mass is 16.5. The van der Waals surface area contributed by atoms with Crippen LogP contribution < -0.4 is 5.32 Å². The van der Waals surface area contributed by atoms with Gasteiger partial charge >= 0.3 is 0 Å². The average molecular weight is 381 g/mol. The first-order valence-electron chi connectivity index (χ1n) is 9.65. The van der Waals surface area contributed by atoms with Crippen LogP contribution in [0.15, 0.2) is 77.3 Å². The summed E-state index contributed by atoms with van der Waals surface area (Å²) in [7, 11) is 0. The number of hydrogen-bond acceptors (Lipinski definition) is 4. The molecule has 0 fully saturated rings. The van der Waals surface area contributed by atoms with Crippen molar-refractivity contribution in [2.24, 2.45) is 0 Å². The summed E-state index contributed by atoms with van der Waals surface area (Å²) in [6.07, 6.45) is 1.59. The minimum atomic E-state index is -0.0695. The van der Waals surface area contributed by atoms with Gasteiger partial charge in [-0.2, -0.15) is 4.98 Å². The molecule has 29 heavy (non-hydrogen) atoms. The van der Waals surface area contributed by atoms with Gasteiger partial charge in [0, 0.05) is 24.1 Å². The Morgan fingerprint density at radius 1 is 0.931 bits per heavy atom. The fraction of sp³-hybridized carbons (Fsp3) is 0.125. The van der Waals surface area contributed by atoms with Crippen LogP contribution in [-0.2, 0) is 17.6 Å². The Morgan fingerprint density at radius 3 is 2.62 bits per heavy atom. The number of hydrogen-bond donors (Lipinski definition) is 1. The van der Waals surface area contributed by atoms with Gasteiger partial charge < -0.3 is 9.84 Å². The minimum absolute atomic E-state index is 0.0695. The molecule has 1 aliphatic rings. The Balaban J connectivity index is 1.21. The summed E-state index contributed by atoms with van der Waals surface area (Å²) in [5, 5.41) is 6.97. The molecule has 0 spiro atoms.